The molecule has 2 aromatic heterocycles. The molecule has 0 saturated carbocycles. The van der Waals surface area contributed by atoms with Gasteiger partial charge in [-0.15, -0.1) is 0 Å². The summed E-state index contributed by atoms with van der Waals surface area (Å²) in [6.07, 6.45) is 7.65. The Labute approximate surface area is 179 Å². The standard InChI is InChI=1S/C22H24ClN5O2/c23-17-5-3-4-15(10-17)18-13-26-21(24)27-20(18)16-11-19(25-12-16)22(7-9-29)6-1-2-8-28(22)14-30/h3-5,10-14,25,29H,1-2,6-9H2,(H2,24,26,27). The maximum Gasteiger partial charge on any atom is 0.220 e. The number of carbonyl (C=O) groups is 1. The van der Waals surface area contributed by atoms with Crippen LogP contribution in [0.25, 0.3) is 22.4 Å². The van der Waals surface area contributed by atoms with Crippen molar-refractivity contribution in [1.82, 2.24) is 19.9 Å². The molecule has 1 amide bonds. The van der Waals surface area contributed by atoms with Gasteiger partial charge in [0, 0.05) is 47.4 Å². The number of H-pyrrole nitrogens is 1. The van der Waals surface area contributed by atoms with Crippen LogP contribution in [0.4, 0.5) is 5.95 Å². The minimum absolute atomic E-state index is 0.00703. The van der Waals surface area contributed by atoms with E-state index in [1.165, 1.54) is 0 Å². The Morgan fingerprint density at radius 3 is 2.93 bits per heavy atom. The highest BCUT2D eigenvalue weighted by Gasteiger charge is 2.40. The first-order chi connectivity index (χ1) is 14.6. The lowest BCUT2D eigenvalue weighted by Gasteiger charge is -2.44. The molecule has 156 valence electrons. The molecule has 3 heterocycles. The van der Waals surface area contributed by atoms with Gasteiger partial charge in [-0.3, -0.25) is 4.79 Å². The number of nitrogen functional groups attached to an aromatic ring is 1. The minimum atomic E-state index is -0.554. The molecular formula is C22H24ClN5O2. The molecule has 0 spiro atoms. The molecule has 1 aliphatic heterocycles. The van der Waals surface area contributed by atoms with Gasteiger partial charge in [0.05, 0.1) is 11.2 Å². The summed E-state index contributed by atoms with van der Waals surface area (Å²) in [6, 6.07) is 9.48. The number of nitrogens with zero attached hydrogens (tertiary/aromatic N) is 3. The normalized spacial score (nSPS) is 19.1. The molecule has 0 bridgehead atoms. The number of aliphatic hydroxyl groups excluding tert-OH is 1. The van der Waals surface area contributed by atoms with Crippen LogP contribution in [-0.2, 0) is 10.3 Å². The average molecular weight is 426 g/mol. The number of hydrogen-bond acceptors (Lipinski definition) is 5. The molecule has 0 radical (unpaired) electrons. The van der Waals surface area contributed by atoms with Crippen molar-refractivity contribution in [3.05, 3.63) is 53.4 Å². The monoisotopic (exact) mass is 425 g/mol. The predicted octanol–water partition coefficient (Wildman–Crippen LogP) is 3.59. The highest BCUT2D eigenvalue weighted by Crippen LogP contribution is 2.41. The van der Waals surface area contributed by atoms with Crippen LogP contribution in [0.1, 0.15) is 31.4 Å². The Hall–Kier alpha value is -2.90. The van der Waals surface area contributed by atoms with Gasteiger partial charge in [0.25, 0.3) is 0 Å². The van der Waals surface area contributed by atoms with Crippen LogP contribution >= 0.6 is 11.6 Å². The summed E-state index contributed by atoms with van der Waals surface area (Å²) in [4.78, 5) is 25.6. The maximum atomic E-state index is 11.8. The molecular weight excluding hydrogens is 402 g/mol. The number of aromatic nitrogens is 3. The van der Waals surface area contributed by atoms with E-state index in [-0.39, 0.29) is 12.6 Å². The fraction of sp³-hybridized carbons (Fsp3) is 0.318. The number of amides is 1. The summed E-state index contributed by atoms with van der Waals surface area (Å²) in [6.45, 7) is 0.666. The van der Waals surface area contributed by atoms with Crippen molar-refractivity contribution in [3.8, 4) is 22.4 Å². The zero-order valence-corrected chi connectivity index (χ0v) is 17.3. The SMILES string of the molecule is Nc1ncc(-c2cccc(Cl)c2)c(-c2c[nH]c(C3(CCO)CCCCN3C=O)c2)n1. The smallest absolute Gasteiger partial charge is 0.220 e. The topological polar surface area (TPSA) is 108 Å². The number of benzene rings is 1. The molecule has 4 N–H and O–H groups in total. The van der Waals surface area contributed by atoms with Crippen molar-refractivity contribution in [2.75, 3.05) is 18.9 Å². The number of halogens is 1. The predicted molar refractivity (Wildman–Crippen MR) is 117 cm³/mol. The third-order valence-electron chi connectivity index (χ3n) is 5.84. The number of anilines is 1. The zero-order chi connectivity index (χ0) is 21.1. The highest BCUT2D eigenvalue weighted by molar-refractivity contribution is 6.30. The average Bonchev–Trinajstić information content (AvgIpc) is 3.25. The van der Waals surface area contributed by atoms with Crippen LogP contribution in [0.5, 0.6) is 0 Å². The van der Waals surface area contributed by atoms with Crippen LogP contribution in [0.3, 0.4) is 0 Å². The van der Waals surface area contributed by atoms with E-state index in [9.17, 15) is 9.90 Å². The van der Waals surface area contributed by atoms with E-state index in [2.05, 4.69) is 15.0 Å². The molecule has 8 heteroatoms. The van der Waals surface area contributed by atoms with Crippen LogP contribution < -0.4 is 5.73 Å². The first-order valence-corrected chi connectivity index (χ1v) is 10.4. The summed E-state index contributed by atoms with van der Waals surface area (Å²) in [5.41, 5.74) is 9.43. The molecule has 1 aliphatic rings. The number of nitrogens with one attached hydrogen (secondary N) is 1. The molecule has 1 saturated heterocycles. The van der Waals surface area contributed by atoms with Gasteiger partial charge >= 0.3 is 0 Å². The lowest BCUT2D eigenvalue weighted by atomic mass is 9.81. The fourth-order valence-electron chi connectivity index (χ4n) is 4.37. The highest BCUT2D eigenvalue weighted by atomic mass is 35.5. The Balaban J connectivity index is 1.81. The van der Waals surface area contributed by atoms with Crippen molar-refractivity contribution < 1.29 is 9.90 Å². The number of aromatic amines is 1. The van der Waals surface area contributed by atoms with Crippen LogP contribution in [0.2, 0.25) is 5.02 Å². The Morgan fingerprint density at radius 2 is 2.17 bits per heavy atom. The van der Waals surface area contributed by atoms with Crippen molar-refractivity contribution in [1.29, 1.82) is 0 Å². The Kier molecular flexibility index (Phi) is 5.74. The Morgan fingerprint density at radius 1 is 1.30 bits per heavy atom. The number of nitrogens with two attached hydrogens (primary N) is 1. The van der Waals surface area contributed by atoms with E-state index in [1.807, 2.05) is 36.5 Å². The lowest BCUT2D eigenvalue weighted by Crippen LogP contribution is -2.49. The summed E-state index contributed by atoms with van der Waals surface area (Å²) in [5.74, 6) is 0.177. The van der Waals surface area contributed by atoms with Gasteiger partial charge in [0.1, 0.15) is 0 Å². The number of aliphatic hydroxyl groups is 1. The molecule has 30 heavy (non-hydrogen) atoms. The second-order valence-corrected chi connectivity index (χ2v) is 8.00. The number of hydrogen-bond donors (Lipinski definition) is 3. The number of piperidine rings is 1. The van der Waals surface area contributed by atoms with E-state index in [4.69, 9.17) is 17.3 Å². The van der Waals surface area contributed by atoms with Crippen molar-refractivity contribution >= 4 is 24.0 Å². The second-order valence-electron chi connectivity index (χ2n) is 7.56. The summed E-state index contributed by atoms with van der Waals surface area (Å²) >= 11 is 6.18. The summed E-state index contributed by atoms with van der Waals surface area (Å²) in [7, 11) is 0. The summed E-state index contributed by atoms with van der Waals surface area (Å²) < 4.78 is 0. The van der Waals surface area contributed by atoms with Gasteiger partial charge < -0.3 is 20.7 Å². The number of rotatable bonds is 6. The van der Waals surface area contributed by atoms with Crippen molar-refractivity contribution in [2.24, 2.45) is 0 Å². The maximum absolute atomic E-state index is 11.8. The van der Waals surface area contributed by atoms with Crippen molar-refractivity contribution in [2.45, 2.75) is 31.2 Å². The van der Waals surface area contributed by atoms with Gasteiger partial charge in [-0.1, -0.05) is 23.7 Å². The molecule has 4 rings (SSSR count). The van der Waals surface area contributed by atoms with Crippen LogP contribution in [0.15, 0.2) is 42.7 Å². The van der Waals surface area contributed by atoms with Crippen LogP contribution in [0, 0.1) is 0 Å². The molecule has 7 nitrogen and oxygen atoms in total. The molecule has 1 unspecified atom stereocenters. The largest absolute Gasteiger partial charge is 0.396 e. The van der Waals surface area contributed by atoms with Crippen LogP contribution in [-0.4, -0.2) is 44.5 Å². The first-order valence-electron chi connectivity index (χ1n) is 9.98. The van der Waals surface area contributed by atoms with E-state index in [0.717, 1.165) is 48.1 Å². The second kappa shape index (κ2) is 8.45. The van der Waals surface area contributed by atoms with E-state index >= 15 is 0 Å². The Bertz CT molecular complexity index is 1050. The molecule has 1 aromatic carbocycles. The van der Waals surface area contributed by atoms with Gasteiger partial charge in [-0.05, 0) is 49.4 Å². The third-order valence-corrected chi connectivity index (χ3v) is 6.08. The van der Waals surface area contributed by atoms with Gasteiger partial charge in [0.2, 0.25) is 12.4 Å². The quantitative estimate of drug-likeness (QED) is 0.523. The fourth-order valence-corrected chi connectivity index (χ4v) is 4.56. The van der Waals surface area contributed by atoms with Gasteiger partial charge in [-0.25, -0.2) is 9.97 Å². The molecule has 0 aliphatic carbocycles. The lowest BCUT2D eigenvalue weighted by molar-refractivity contribution is -0.127. The molecule has 1 atom stereocenters. The number of carbonyl (C=O) groups excluding carboxylic acids is 1. The minimum Gasteiger partial charge on any atom is -0.396 e. The van der Waals surface area contributed by atoms with Crippen molar-refractivity contribution in [3.63, 3.8) is 0 Å². The first kappa shape index (κ1) is 20.4. The molecule has 3 aromatic rings. The zero-order valence-electron chi connectivity index (χ0n) is 16.5. The van der Waals surface area contributed by atoms with Gasteiger partial charge in [0.15, 0.2) is 0 Å². The molecule has 1 fully saturated rings. The van der Waals surface area contributed by atoms with E-state index < -0.39 is 5.54 Å². The summed E-state index contributed by atoms with van der Waals surface area (Å²) in [5, 5.41) is 10.4. The van der Waals surface area contributed by atoms with E-state index in [1.54, 1.807) is 11.1 Å². The third kappa shape index (κ3) is 3.66. The van der Waals surface area contributed by atoms with E-state index in [0.29, 0.717) is 23.7 Å². The number of likely N-dealkylation sites (tertiary alicyclic amines) is 1. The van der Waals surface area contributed by atoms with Gasteiger partial charge in [-0.2, -0.15) is 0 Å².